The average molecular weight is 353 g/mol. The maximum absolute atomic E-state index is 13.6. The molecule has 2 aromatic rings. The lowest BCUT2D eigenvalue weighted by atomic mass is 10.1. The summed E-state index contributed by atoms with van der Waals surface area (Å²) in [6.07, 6.45) is 0. The molecule has 2 aromatic carbocycles. The van der Waals surface area contributed by atoms with Crippen LogP contribution in [0.5, 0.6) is 0 Å². The summed E-state index contributed by atoms with van der Waals surface area (Å²) in [5.74, 6) is -0.820. The fraction of sp³-hybridized carbons (Fsp3) is 0.200. The maximum atomic E-state index is 13.6. The molecule has 0 atom stereocenters. The van der Waals surface area contributed by atoms with Gasteiger partial charge in [-0.25, -0.2) is 0 Å². The van der Waals surface area contributed by atoms with Crippen LogP contribution in [0.4, 0.5) is 15.8 Å². The second-order valence-electron chi connectivity index (χ2n) is 4.84. The molecule has 0 heterocycles. The number of rotatable bonds is 4. The molecule has 0 radical (unpaired) electrons. The topological polar surface area (TPSA) is 55.2 Å². The molecule has 0 aliphatic heterocycles. The van der Waals surface area contributed by atoms with Gasteiger partial charge in [-0.3, -0.25) is 10.1 Å². The second-order valence-corrected chi connectivity index (χ2v) is 5.69. The molecule has 0 bridgehead atoms. The number of hydrogen-bond acceptors (Lipinski definition) is 3. The highest BCUT2D eigenvalue weighted by Crippen LogP contribution is 2.28. The number of nitrogens with one attached hydrogen (secondary N) is 1. The third-order valence-corrected chi connectivity index (χ3v) is 3.74. The van der Waals surface area contributed by atoms with Gasteiger partial charge in [0.15, 0.2) is 0 Å². The summed E-state index contributed by atoms with van der Waals surface area (Å²) < 4.78 is 14.5. The molecule has 0 aromatic heterocycles. The monoisotopic (exact) mass is 352 g/mol. The average Bonchev–Trinajstić information content (AvgIpc) is 2.36. The Morgan fingerprint density at radius 1 is 1.29 bits per heavy atom. The Hall–Kier alpha value is -1.95. The first-order valence-corrected chi connectivity index (χ1v) is 7.11. The van der Waals surface area contributed by atoms with Gasteiger partial charge >= 0.3 is 5.69 Å². The molecular weight excluding hydrogens is 339 g/mol. The standard InChI is InChI=1S/C15H14BrFN2O2/c1-9-5-10(2)15(12(16)6-9)18-8-11-3-4-14(19(20)21)13(17)7-11/h3-7,18H,8H2,1-2H3. The largest absolute Gasteiger partial charge is 0.380 e. The molecule has 4 nitrogen and oxygen atoms in total. The van der Waals surface area contributed by atoms with Crippen LogP contribution in [0.3, 0.4) is 0 Å². The lowest BCUT2D eigenvalue weighted by Gasteiger charge is -2.13. The normalized spacial score (nSPS) is 10.5. The van der Waals surface area contributed by atoms with Gasteiger partial charge in [0, 0.05) is 17.1 Å². The molecule has 0 aliphatic carbocycles. The van der Waals surface area contributed by atoms with Gasteiger partial charge in [0.2, 0.25) is 5.82 Å². The summed E-state index contributed by atoms with van der Waals surface area (Å²) in [6.45, 7) is 4.38. The predicted octanol–water partition coefficient (Wildman–Crippen LogP) is 4.73. The number of aryl methyl sites for hydroxylation is 2. The quantitative estimate of drug-likeness (QED) is 0.639. The number of benzene rings is 2. The SMILES string of the molecule is Cc1cc(C)c(NCc2ccc([N+](=O)[O-])c(F)c2)c(Br)c1. The third-order valence-electron chi connectivity index (χ3n) is 3.11. The first-order valence-electron chi connectivity index (χ1n) is 6.32. The first kappa shape index (κ1) is 15.4. The Morgan fingerprint density at radius 2 is 2.00 bits per heavy atom. The van der Waals surface area contributed by atoms with Crippen LogP contribution < -0.4 is 5.32 Å². The smallest absolute Gasteiger partial charge is 0.304 e. The van der Waals surface area contributed by atoms with E-state index in [1.54, 1.807) is 6.07 Å². The van der Waals surface area contributed by atoms with Crippen LogP contribution in [0, 0.1) is 29.8 Å². The summed E-state index contributed by atoms with van der Waals surface area (Å²) in [4.78, 5) is 9.85. The van der Waals surface area contributed by atoms with Gasteiger partial charge < -0.3 is 5.32 Å². The third kappa shape index (κ3) is 3.58. The van der Waals surface area contributed by atoms with Gasteiger partial charge in [0.25, 0.3) is 0 Å². The van der Waals surface area contributed by atoms with Crippen molar-refractivity contribution in [2.24, 2.45) is 0 Å². The Morgan fingerprint density at radius 3 is 2.57 bits per heavy atom. The van der Waals surface area contributed by atoms with Gasteiger partial charge in [0.05, 0.1) is 10.6 Å². The van der Waals surface area contributed by atoms with E-state index < -0.39 is 16.4 Å². The number of nitro benzene ring substituents is 1. The van der Waals surface area contributed by atoms with E-state index in [0.717, 1.165) is 21.3 Å². The van der Waals surface area contributed by atoms with Gasteiger partial charge in [-0.05, 0) is 58.6 Å². The van der Waals surface area contributed by atoms with Gasteiger partial charge in [-0.2, -0.15) is 4.39 Å². The van der Waals surface area contributed by atoms with Crippen molar-refractivity contribution < 1.29 is 9.31 Å². The minimum absolute atomic E-state index is 0.386. The van der Waals surface area contributed by atoms with Gasteiger partial charge in [-0.1, -0.05) is 12.1 Å². The molecule has 1 N–H and O–H groups in total. The van der Waals surface area contributed by atoms with Crippen LogP contribution in [-0.4, -0.2) is 4.92 Å². The van der Waals surface area contributed by atoms with Crippen molar-refractivity contribution in [3.63, 3.8) is 0 Å². The molecule has 2 rings (SSSR count). The van der Waals surface area contributed by atoms with Crippen molar-refractivity contribution in [3.05, 3.63) is 67.4 Å². The zero-order chi connectivity index (χ0) is 15.6. The molecule has 0 amide bonds. The number of nitrogens with zero attached hydrogens (tertiary/aromatic N) is 1. The van der Waals surface area contributed by atoms with E-state index in [0.29, 0.717) is 12.1 Å². The molecule has 0 unspecified atom stereocenters. The summed E-state index contributed by atoms with van der Waals surface area (Å²) in [5, 5.41) is 13.8. The highest BCUT2D eigenvalue weighted by molar-refractivity contribution is 9.10. The Labute approximate surface area is 130 Å². The predicted molar refractivity (Wildman–Crippen MR) is 84.0 cm³/mol. The van der Waals surface area contributed by atoms with Crippen molar-refractivity contribution in [1.82, 2.24) is 0 Å². The lowest BCUT2D eigenvalue weighted by Crippen LogP contribution is -2.03. The van der Waals surface area contributed by atoms with Crippen LogP contribution in [0.2, 0.25) is 0 Å². The minimum atomic E-state index is -0.820. The Balaban J connectivity index is 2.17. The number of hydrogen-bond donors (Lipinski definition) is 1. The van der Waals surface area contributed by atoms with E-state index in [1.165, 1.54) is 12.1 Å². The van der Waals surface area contributed by atoms with Crippen molar-refractivity contribution in [1.29, 1.82) is 0 Å². The van der Waals surface area contributed by atoms with E-state index in [1.807, 2.05) is 26.0 Å². The van der Waals surface area contributed by atoms with E-state index in [4.69, 9.17) is 0 Å². The van der Waals surface area contributed by atoms with Crippen LogP contribution in [0.25, 0.3) is 0 Å². The van der Waals surface area contributed by atoms with Crippen molar-refractivity contribution in [2.75, 3.05) is 5.32 Å². The summed E-state index contributed by atoms with van der Waals surface area (Å²) in [6, 6.07) is 7.95. The zero-order valence-electron chi connectivity index (χ0n) is 11.6. The summed E-state index contributed by atoms with van der Waals surface area (Å²) in [7, 11) is 0. The molecule has 0 fully saturated rings. The van der Waals surface area contributed by atoms with Crippen molar-refractivity contribution >= 4 is 27.3 Å². The van der Waals surface area contributed by atoms with E-state index in [9.17, 15) is 14.5 Å². The molecule has 6 heteroatoms. The molecule has 21 heavy (non-hydrogen) atoms. The highest BCUT2D eigenvalue weighted by atomic mass is 79.9. The second kappa shape index (κ2) is 6.22. The Bertz CT molecular complexity index is 681. The van der Waals surface area contributed by atoms with E-state index in [2.05, 4.69) is 21.2 Å². The lowest BCUT2D eigenvalue weighted by molar-refractivity contribution is -0.387. The highest BCUT2D eigenvalue weighted by Gasteiger charge is 2.14. The molecule has 0 saturated heterocycles. The number of anilines is 1. The molecular formula is C15H14BrFN2O2. The van der Waals surface area contributed by atoms with Crippen LogP contribution >= 0.6 is 15.9 Å². The summed E-state index contributed by atoms with van der Waals surface area (Å²) in [5.41, 5.74) is 3.28. The van der Waals surface area contributed by atoms with E-state index >= 15 is 0 Å². The van der Waals surface area contributed by atoms with E-state index in [-0.39, 0.29) is 0 Å². The molecule has 0 saturated carbocycles. The van der Waals surface area contributed by atoms with Crippen LogP contribution in [-0.2, 0) is 6.54 Å². The van der Waals surface area contributed by atoms with Crippen molar-refractivity contribution in [2.45, 2.75) is 20.4 Å². The summed E-state index contributed by atoms with van der Waals surface area (Å²) >= 11 is 3.49. The van der Waals surface area contributed by atoms with Crippen LogP contribution in [0.15, 0.2) is 34.8 Å². The van der Waals surface area contributed by atoms with Gasteiger partial charge in [-0.15, -0.1) is 0 Å². The van der Waals surface area contributed by atoms with Crippen LogP contribution in [0.1, 0.15) is 16.7 Å². The fourth-order valence-electron chi connectivity index (χ4n) is 2.14. The molecule has 0 spiro atoms. The zero-order valence-corrected chi connectivity index (χ0v) is 13.2. The number of halogens is 2. The van der Waals surface area contributed by atoms with Crippen molar-refractivity contribution in [3.8, 4) is 0 Å². The number of nitro groups is 1. The minimum Gasteiger partial charge on any atom is -0.380 e. The molecule has 110 valence electrons. The fourth-order valence-corrected chi connectivity index (χ4v) is 2.95. The molecule has 0 aliphatic rings. The Kier molecular flexibility index (Phi) is 4.57. The maximum Gasteiger partial charge on any atom is 0.304 e. The van der Waals surface area contributed by atoms with Gasteiger partial charge in [0.1, 0.15) is 0 Å². The first-order chi connectivity index (χ1) is 9.88.